The molecule has 0 spiro atoms. The number of halogens is 2. The molecule has 0 radical (unpaired) electrons. The number of rotatable bonds is 3. The number of carbonyl (C=O) groups excluding carboxylic acids is 3. The molecule has 2 aromatic rings. The molecular weight excluding hydrogens is 397 g/mol. The van der Waals surface area contributed by atoms with Crippen LogP contribution in [0.1, 0.15) is 16.8 Å². The number of quaternary nitrogens is 1. The smallest absolute Gasteiger partial charge is 0.292 e. The van der Waals surface area contributed by atoms with Gasteiger partial charge in [-0.05, 0) is 30.3 Å². The minimum Gasteiger partial charge on any atom is -0.327 e. The van der Waals surface area contributed by atoms with E-state index in [2.05, 4.69) is 0 Å². The first-order valence-electron chi connectivity index (χ1n) is 9.46. The Labute approximate surface area is 172 Å². The SMILES string of the molecule is O=C(c1ccccc1)N1CC[NH+]([C@H]2CC(=O)N(c3ccc(F)c(Cl)c3)C2=O)CC1. The second kappa shape index (κ2) is 7.93. The highest BCUT2D eigenvalue weighted by molar-refractivity contribution is 6.31. The quantitative estimate of drug-likeness (QED) is 0.764. The van der Waals surface area contributed by atoms with Crippen molar-refractivity contribution in [2.45, 2.75) is 12.5 Å². The van der Waals surface area contributed by atoms with Gasteiger partial charge >= 0.3 is 0 Å². The number of carbonyl (C=O) groups is 3. The largest absolute Gasteiger partial charge is 0.327 e. The monoisotopic (exact) mass is 416 g/mol. The number of amides is 3. The van der Waals surface area contributed by atoms with Crippen LogP contribution in [0.15, 0.2) is 48.5 Å². The van der Waals surface area contributed by atoms with Crippen LogP contribution >= 0.6 is 11.6 Å². The van der Waals surface area contributed by atoms with Crippen LogP contribution in [0.2, 0.25) is 5.02 Å². The number of benzene rings is 2. The Morgan fingerprint density at radius 2 is 1.76 bits per heavy atom. The molecule has 4 rings (SSSR count). The maximum atomic E-state index is 13.4. The number of imide groups is 1. The Balaban J connectivity index is 1.42. The number of anilines is 1. The van der Waals surface area contributed by atoms with Crippen molar-refractivity contribution in [2.24, 2.45) is 0 Å². The molecule has 1 atom stereocenters. The van der Waals surface area contributed by atoms with E-state index in [1.807, 2.05) is 18.2 Å². The molecule has 0 unspecified atom stereocenters. The summed E-state index contributed by atoms with van der Waals surface area (Å²) in [6.45, 7) is 2.20. The second-order valence-corrected chi connectivity index (χ2v) is 7.65. The standard InChI is InChI=1S/C21H19ClFN3O3/c22-16-12-15(6-7-17(16)23)26-19(27)13-18(21(26)29)24-8-10-25(11-9-24)20(28)14-4-2-1-3-5-14/h1-7,12,18H,8-11,13H2/p+1/t18-/m0/s1. The second-order valence-electron chi connectivity index (χ2n) is 7.24. The summed E-state index contributed by atoms with van der Waals surface area (Å²) in [5.74, 6) is -1.26. The van der Waals surface area contributed by atoms with Crippen molar-refractivity contribution in [2.75, 3.05) is 31.1 Å². The van der Waals surface area contributed by atoms with Crippen molar-refractivity contribution in [1.82, 2.24) is 4.90 Å². The normalized spacial score (nSPS) is 20.4. The van der Waals surface area contributed by atoms with Gasteiger partial charge in [0.05, 0.1) is 43.3 Å². The molecule has 29 heavy (non-hydrogen) atoms. The van der Waals surface area contributed by atoms with Crippen molar-refractivity contribution in [3.8, 4) is 0 Å². The van der Waals surface area contributed by atoms with Gasteiger partial charge in [0.15, 0.2) is 6.04 Å². The summed E-state index contributed by atoms with van der Waals surface area (Å²) in [5.41, 5.74) is 0.925. The Morgan fingerprint density at radius 1 is 1.07 bits per heavy atom. The molecule has 0 saturated carbocycles. The first kappa shape index (κ1) is 19.5. The van der Waals surface area contributed by atoms with E-state index < -0.39 is 11.9 Å². The molecule has 2 aliphatic heterocycles. The molecular formula is C21H20ClFN3O3+. The predicted octanol–water partition coefficient (Wildman–Crippen LogP) is 1.15. The zero-order chi connectivity index (χ0) is 20.5. The summed E-state index contributed by atoms with van der Waals surface area (Å²) in [6.07, 6.45) is 0.0930. The van der Waals surface area contributed by atoms with Crippen molar-refractivity contribution in [3.63, 3.8) is 0 Å². The van der Waals surface area contributed by atoms with E-state index in [1.165, 1.54) is 12.1 Å². The van der Waals surface area contributed by atoms with Crippen LogP contribution < -0.4 is 9.80 Å². The fourth-order valence-electron chi connectivity index (χ4n) is 3.96. The number of hydrogen-bond acceptors (Lipinski definition) is 3. The van der Waals surface area contributed by atoms with Crippen LogP contribution in [0.5, 0.6) is 0 Å². The van der Waals surface area contributed by atoms with Gasteiger partial charge in [-0.2, -0.15) is 0 Å². The summed E-state index contributed by atoms with van der Waals surface area (Å²) in [7, 11) is 0. The molecule has 2 saturated heterocycles. The summed E-state index contributed by atoms with van der Waals surface area (Å²) in [5, 5.41) is -0.132. The Bertz CT molecular complexity index is 961. The lowest BCUT2D eigenvalue weighted by Gasteiger charge is -2.34. The average molecular weight is 417 g/mol. The third kappa shape index (κ3) is 3.75. The van der Waals surface area contributed by atoms with Crippen molar-refractivity contribution in [1.29, 1.82) is 0 Å². The lowest BCUT2D eigenvalue weighted by Crippen LogP contribution is -3.19. The van der Waals surface area contributed by atoms with Gasteiger partial charge in [-0.25, -0.2) is 9.29 Å². The van der Waals surface area contributed by atoms with Gasteiger partial charge in [0.1, 0.15) is 5.82 Å². The molecule has 8 heteroatoms. The summed E-state index contributed by atoms with van der Waals surface area (Å²) >= 11 is 5.80. The summed E-state index contributed by atoms with van der Waals surface area (Å²) in [6, 6.07) is 12.4. The average Bonchev–Trinajstić information content (AvgIpc) is 3.04. The van der Waals surface area contributed by atoms with E-state index in [0.29, 0.717) is 31.7 Å². The molecule has 150 valence electrons. The van der Waals surface area contributed by atoms with Crippen LogP contribution in [0.25, 0.3) is 0 Å². The fourth-order valence-corrected chi connectivity index (χ4v) is 4.13. The van der Waals surface area contributed by atoms with Gasteiger partial charge in [0.2, 0.25) is 5.91 Å². The third-order valence-electron chi connectivity index (χ3n) is 5.51. The van der Waals surface area contributed by atoms with Crippen LogP contribution in [0.3, 0.4) is 0 Å². The van der Waals surface area contributed by atoms with E-state index in [0.717, 1.165) is 15.9 Å². The number of piperazine rings is 1. The summed E-state index contributed by atoms with van der Waals surface area (Å²) in [4.78, 5) is 41.8. The zero-order valence-corrected chi connectivity index (χ0v) is 16.4. The van der Waals surface area contributed by atoms with Crippen LogP contribution in [0, 0.1) is 5.82 Å². The van der Waals surface area contributed by atoms with Crippen molar-refractivity contribution >= 4 is 35.0 Å². The van der Waals surface area contributed by atoms with E-state index in [-0.39, 0.29) is 34.9 Å². The van der Waals surface area contributed by atoms with Crippen LogP contribution in [-0.2, 0) is 9.59 Å². The van der Waals surface area contributed by atoms with Gasteiger partial charge in [-0.3, -0.25) is 14.4 Å². The van der Waals surface area contributed by atoms with Gasteiger partial charge < -0.3 is 9.80 Å². The first-order chi connectivity index (χ1) is 14.0. The molecule has 2 aliphatic rings. The Kier molecular flexibility index (Phi) is 5.34. The highest BCUT2D eigenvalue weighted by Gasteiger charge is 2.46. The highest BCUT2D eigenvalue weighted by atomic mass is 35.5. The van der Waals surface area contributed by atoms with E-state index in [4.69, 9.17) is 11.6 Å². The summed E-state index contributed by atoms with van der Waals surface area (Å²) < 4.78 is 13.4. The number of nitrogens with zero attached hydrogens (tertiary/aromatic N) is 2. The topological polar surface area (TPSA) is 62.1 Å². The minimum absolute atomic E-state index is 0.0268. The Morgan fingerprint density at radius 3 is 2.41 bits per heavy atom. The van der Waals surface area contributed by atoms with Gasteiger partial charge in [-0.1, -0.05) is 29.8 Å². The van der Waals surface area contributed by atoms with Gasteiger partial charge in [0, 0.05) is 5.56 Å². The lowest BCUT2D eigenvalue weighted by atomic mass is 10.1. The first-order valence-corrected chi connectivity index (χ1v) is 9.84. The zero-order valence-electron chi connectivity index (χ0n) is 15.6. The molecule has 0 aliphatic carbocycles. The predicted molar refractivity (Wildman–Crippen MR) is 105 cm³/mol. The van der Waals surface area contributed by atoms with Gasteiger partial charge in [0.25, 0.3) is 11.8 Å². The van der Waals surface area contributed by atoms with E-state index in [1.54, 1.807) is 17.0 Å². The molecule has 2 aromatic carbocycles. The maximum Gasteiger partial charge on any atom is 0.292 e. The van der Waals surface area contributed by atoms with E-state index in [9.17, 15) is 18.8 Å². The van der Waals surface area contributed by atoms with Crippen LogP contribution in [-0.4, -0.2) is 54.8 Å². The molecule has 0 bridgehead atoms. The maximum absolute atomic E-state index is 13.4. The van der Waals surface area contributed by atoms with Gasteiger partial charge in [-0.15, -0.1) is 0 Å². The molecule has 6 nitrogen and oxygen atoms in total. The molecule has 2 fully saturated rings. The molecule has 2 heterocycles. The van der Waals surface area contributed by atoms with Crippen molar-refractivity contribution in [3.05, 3.63) is 64.9 Å². The molecule has 1 N–H and O–H groups in total. The number of hydrogen-bond donors (Lipinski definition) is 1. The number of nitrogens with one attached hydrogen (secondary N) is 1. The third-order valence-corrected chi connectivity index (χ3v) is 5.80. The fraction of sp³-hybridized carbons (Fsp3) is 0.286. The lowest BCUT2D eigenvalue weighted by molar-refractivity contribution is -0.918. The Hall–Kier alpha value is -2.77. The van der Waals surface area contributed by atoms with Crippen LogP contribution in [0.4, 0.5) is 10.1 Å². The van der Waals surface area contributed by atoms with E-state index >= 15 is 0 Å². The van der Waals surface area contributed by atoms with Crippen molar-refractivity contribution < 1.29 is 23.7 Å². The molecule has 0 aromatic heterocycles. The molecule has 3 amide bonds. The highest BCUT2D eigenvalue weighted by Crippen LogP contribution is 2.26. The minimum atomic E-state index is -0.601.